The van der Waals surface area contributed by atoms with E-state index in [4.69, 9.17) is 0 Å². The number of anilines is 1. The SMILES string of the molecule is O=C(Nc1cccc2cccnc12)c1c(F)cccc1C(F)(F)F. The molecule has 0 saturated heterocycles. The van der Waals surface area contributed by atoms with Crippen LogP contribution < -0.4 is 5.32 Å². The molecular weight excluding hydrogens is 324 g/mol. The Bertz CT molecular complexity index is 917. The number of hydrogen-bond donors (Lipinski definition) is 1. The first-order chi connectivity index (χ1) is 11.4. The molecule has 1 heterocycles. The fourth-order valence-electron chi connectivity index (χ4n) is 2.38. The predicted molar refractivity (Wildman–Crippen MR) is 81.1 cm³/mol. The number of amides is 1. The van der Waals surface area contributed by atoms with Crippen molar-refractivity contribution >= 4 is 22.5 Å². The number of benzene rings is 2. The molecule has 0 aliphatic rings. The van der Waals surface area contributed by atoms with Crippen LogP contribution in [-0.4, -0.2) is 10.9 Å². The molecule has 0 radical (unpaired) electrons. The molecule has 3 aromatic rings. The molecule has 7 heteroatoms. The first-order valence-corrected chi connectivity index (χ1v) is 6.89. The molecule has 3 rings (SSSR count). The zero-order valence-corrected chi connectivity index (χ0v) is 12.1. The van der Waals surface area contributed by atoms with Crippen LogP contribution in [0.15, 0.2) is 54.7 Å². The van der Waals surface area contributed by atoms with Crippen molar-refractivity contribution in [3.63, 3.8) is 0 Å². The molecule has 1 amide bonds. The fraction of sp³-hybridized carbons (Fsp3) is 0.0588. The number of rotatable bonds is 2. The molecule has 0 aliphatic heterocycles. The highest BCUT2D eigenvalue weighted by Gasteiger charge is 2.36. The third-order valence-corrected chi connectivity index (χ3v) is 3.43. The Kier molecular flexibility index (Phi) is 3.92. The largest absolute Gasteiger partial charge is 0.417 e. The van der Waals surface area contributed by atoms with Crippen LogP contribution in [0.2, 0.25) is 0 Å². The van der Waals surface area contributed by atoms with Gasteiger partial charge in [0.15, 0.2) is 0 Å². The summed E-state index contributed by atoms with van der Waals surface area (Å²) in [5.74, 6) is -2.42. The van der Waals surface area contributed by atoms with Crippen molar-refractivity contribution in [2.75, 3.05) is 5.32 Å². The Hall–Kier alpha value is -2.96. The number of nitrogens with zero attached hydrogens (tertiary/aromatic N) is 1. The lowest BCUT2D eigenvalue weighted by Gasteiger charge is -2.14. The van der Waals surface area contributed by atoms with Crippen LogP contribution >= 0.6 is 0 Å². The molecule has 0 aliphatic carbocycles. The second-order valence-electron chi connectivity index (χ2n) is 4.99. The maximum Gasteiger partial charge on any atom is 0.417 e. The number of halogens is 4. The van der Waals surface area contributed by atoms with Crippen LogP contribution in [0.3, 0.4) is 0 Å². The van der Waals surface area contributed by atoms with Crippen molar-refractivity contribution in [2.24, 2.45) is 0 Å². The topological polar surface area (TPSA) is 42.0 Å². The van der Waals surface area contributed by atoms with E-state index >= 15 is 0 Å². The average molecular weight is 334 g/mol. The second kappa shape index (κ2) is 5.92. The first kappa shape index (κ1) is 15.9. The summed E-state index contributed by atoms with van der Waals surface area (Å²) in [4.78, 5) is 16.4. The fourth-order valence-corrected chi connectivity index (χ4v) is 2.38. The third kappa shape index (κ3) is 2.92. The van der Waals surface area contributed by atoms with E-state index in [0.29, 0.717) is 17.0 Å². The summed E-state index contributed by atoms with van der Waals surface area (Å²) >= 11 is 0. The summed E-state index contributed by atoms with van der Waals surface area (Å²) < 4.78 is 52.9. The first-order valence-electron chi connectivity index (χ1n) is 6.89. The van der Waals surface area contributed by atoms with Gasteiger partial charge in [0.25, 0.3) is 5.91 Å². The van der Waals surface area contributed by atoms with Crippen molar-refractivity contribution in [3.05, 3.63) is 71.7 Å². The Morgan fingerprint density at radius 3 is 2.46 bits per heavy atom. The number of fused-ring (bicyclic) bond motifs is 1. The van der Waals surface area contributed by atoms with E-state index in [1.54, 1.807) is 24.3 Å². The van der Waals surface area contributed by atoms with Gasteiger partial charge in [0.2, 0.25) is 0 Å². The molecule has 2 aromatic carbocycles. The van der Waals surface area contributed by atoms with E-state index in [2.05, 4.69) is 10.3 Å². The van der Waals surface area contributed by atoms with E-state index in [1.807, 2.05) is 0 Å². The molecular formula is C17H10F4N2O. The van der Waals surface area contributed by atoms with Crippen LogP contribution in [0.25, 0.3) is 10.9 Å². The summed E-state index contributed by atoms with van der Waals surface area (Å²) in [6.45, 7) is 0. The number of alkyl halides is 3. The van der Waals surface area contributed by atoms with Crippen molar-refractivity contribution in [1.29, 1.82) is 0 Å². The highest BCUT2D eigenvalue weighted by molar-refractivity contribution is 6.09. The molecule has 122 valence electrons. The minimum Gasteiger partial charge on any atom is -0.320 e. The van der Waals surface area contributed by atoms with Gasteiger partial charge in [-0.1, -0.05) is 24.3 Å². The number of carbonyl (C=O) groups is 1. The van der Waals surface area contributed by atoms with Gasteiger partial charge in [-0.25, -0.2) is 4.39 Å². The number of nitrogens with one attached hydrogen (secondary N) is 1. The van der Waals surface area contributed by atoms with E-state index in [0.717, 1.165) is 12.1 Å². The minimum absolute atomic E-state index is 0.203. The Morgan fingerprint density at radius 1 is 1.00 bits per heavy atom. The molecule has 0 bridgehead atoms. The van der Waals surface area contributed by atoms with Gasteiger partial charge in [0, 0.05) is 11.6 Å². The average Bonchev–Trinajstić information content (AvgIpc) is 2.54. The van der Waals surface area contributed by atoms with Crippen molar-refractivity contribution in [1.82, 2.24) is 4.98 Å². The van der Waals surface area contributed by atoms with E-state index in [1.165, 1.54) is 12.3 Å². The lowest BCUT2D eigenvalue weighted by atomic mass is 10.1. The van der Waals surface area contributed by atoms with Gasteiger partial charge in [-0.2, -0.15) is 13.2 Å². The quantitative estimate of drug-likeness (QED) is 0.694. The number of pyridine rings is 1. The summed E-state index contributed by atoms with van der Waals surface area (Å²) in [7, 11) is 0. The maximum absolute atomic E-state index is 13.9. The third-order valence-electron chi connectivity index (χ3n) is 3.43. The molecule has 0 unspecified atom stereocenters. The zero-order valence-electron chi connectivity index (χ0n) is 12.1. The molecule has 0 spiro atoms. The second-order valence-corrected chi connectivity index (χ2v) is 4.99. The summed E-state index contributed by atoms with van der Waals surface area (Å²) in [5, 5.41) is 3.01. The van der Waals surface area contributed by atoms with Crippen LogP contribution in [0.4, 0.5) is 23.2 Å². The molecule has 24 heavy (non-hydrogen) atoms. The van der Waals surface area contributed by atoms with Gasteiger partial charge in [-0.15, -0.1) is 0 Å². The van der Waals surface area contributed by atoms with E-state index in [9.17, 15) is 22.4 Å². The highest BCUT2D eigenvalue weighted by Crippen LogP contribution is 2.33. The normalized spacial score (nSPS) is 11.5. The molecule has 1 aromatic heterocycles. The van der Waals surface area contributed by atoms with E-state index < -0.39 is 29.0 Å². The number of para-hydroxylation sites is 1. The molecule has 3 nitrogen and oxygen atoms in total. The standard InChI is InChI=1S/C17H10F4N2O/c18-12-7-2-6-11(17(19,20)21)14(12)16(24)23-13-8-1-4-10-5-3-9-22-15(10)13/h1-9H,(H,23,24). The molecule has 0 atom stereocenters. The minimum atomic E-state index is -4.84. The maximum atomic E-state index is 13.9. The zero-order chi connectivity index (χ0) is 17.3. The Labute approximate surface area is 133 Å². The van der Waals surface area contributed by atoms with Gasteiger partial charge in [0.1, 0.15) is 5.82 Å². The lowest BCUT2D eigenvalue weighted by Crippen LogP contribution is -2.20. The number of hydrogen-bond acceptors (Lipinski definition) is 2. The van der Waals surface area contributed by atoms with Gasteiger partial charge in [-0.3, -0.25) is 9.78 Å². The summed E-state index contributed by atoms with van der Waals surface area (Å²) in [6.07, 6.45) is -3.35. The van der Waals surface area contributed by atoms with Crippen LogP contribution in [0.1, 0.15) is 15.9 Å². The highest BCUT2D eigenvalue weighted by atomic mass is 19.4. The van der Waals surface area contributed by atoms with Crippen LogP contribution in [0, 0.1) is 5.82 Å². The summed E-state index contributed by atoms with van der Waals surface area (Å²) in [5.41, 5.74) is -1.76. The molecule has 1 N–H and O–H groups in total. The van der Waals surface area contributed by atoms with E-state index in [-0.39, 0.29) is 5.69 Å². The Morgan fingerprint density at radius 2 is 1.71 bits per heavy atom. The van der Waals surface area contributed by atoms with Crippen molar-refractivity contribution in [2.45, 2.75) is 6.18 Å². The summed E-state index contributed by atoms with van der Waals surface area (Å²) in [6, 6.07) is 10.7. The van der Waals surface area contributed by atoms with Gasteiger partial charge < -0.3 is 5.32 Å². The van der Waals surface area contributed by atoms with Gasteiger partial charge in [-0.05, 0) is 24.3 Å². The van der Waals surface area contributed by atoms with Crippen LogP contribution in [-0.2, 0) is 6.18 Å². The lowest BCUT2D eigenvalue weighted by molar-refractivity contribution is -0.138. The predicted octanol–water partition coefficient (Wildman–Crippen LogP) is 4.65. The van der Waals surface area contributed by atoms with Gasteiger partial charge in [0.05, 0.1) is 22.3 Å². The van der Waals surface area contributed by atoms with Crippen LogP contribution in [0.5, 0.6) is 0 Å². The molecule has 0 saturated carbocycles. The van der Waals surface area contributed by atoms with Gasteiger partial charge >= 0.3 is 6.18 Å². The molecule has 0 fully saturated rings. The number of aromatic nitrogens is 1. The smallest absolute Gasteiger partial charge is 0.320 e. The Balaban J connectivity index is 2.05. The monoisotopic (exact) mass is 334 g/mol. The van der Waals surface area contributed by atoms with Crippen molar-refractivity contribution in [3.8, 4) is 0 Å². The number of carbonyl (C=O) groups excluding carboxylic acids is 1. The van der Waals surface area contributed by atoms with Crippen molar-refractivity contribution < 1.29 is 22.4 Å².